The molecule has 0 N–H and O–H groups in total. The molecule has 3 aromatic carbocycles. The Kier molecular flexibility index (Phi) is 5.07. The standard InChI is InChI=1S/C26H27NO2/c28-26-23(18-27-16-7-2-8-17-27)24(20-11-3-1-4-12-20)25(29-26)22-15-9-13-19-10-5-6-14-21(19)22/h1,3-6,9-15,23-25H,2,7-8,16-18H2/t23?,24-,25-/m1/s1. The number of carbonyl (C=O) groups is 1. The first kappa shape index (κ1) is 18.4. The van der Waals surface area contributed by atoms with Crippen LogP contribution in [-0.2, 0) is 9.53 Å². The molecule has 2 saturated heterocycles. The van der Waals surface area contributed by atoms with Crippen molar-refractivity contribution in [3.8, 4) is 0 Å². The van der Waals surface area contributed by atoms with E-state index in [9.17, 15) is 4.79 Å². The van der Waals surface area contributed by atoms with Crippen LogP contribution in [0.25, 0.3) is 10.8 Å². The van der Waals surface area contributed by atoms with Crippen molar-refractivity contribution in [2.75, 3.05) is 19.6 Å². The van der Waals surface area contributed by atoms with Crippen LogP contribution < -0.4 is 0 Å². The monoisotopic (exact) mass is 385 g/mol. The predicted octanol–water partition coefficient (Wildman–Crippen LogP) is 5.32. The van der Waals surface area contributed by atoms with Crippen molar-refractivity contribution in [2.45, 2.75) is 31.3 Å². The number of piperidine rings is 1. The minimum Gasteiger partial charge on any atom is -0.457 e. The van der Waals surface area contributed by atoms with Crippen molar-refractivity contribution in [3.05, 3.63) is 83.9 Å². The smallest absolute Gasteiger partial charge is 0.311 e. The number of hydrogen-bond acceptors (Lipinski definition) is 3. The summed E-state index contributed by atoms with van der Waals surface area (Å²) in [6.07, 6.45) is 3.51. The van der Waals surface area contributed by atoms with Crippen LogP contribution in [0.2, 0.25) is 0 Å². The maximum Gasteiger partial charge on any atom is 0.311 e. The molecule has 5 rings (SSSR count). The summed E-state index contributed by atoms with van der Waals surface area (Å²) in [5, 5.41) is 2.36. The van der Waals surface area contributed by atoms with Crippen molar-refractivity contribution >= 4 is 16.7 Å². The molecule has 2 aliphatic rings. The maximum absolute atomic E-state index is 13.1. The molecule has 0 aliphatic carbocycles. The van der Waals surface area contributed by atoms with Crippen LogP contribution in [0.5, 0.6) is 0 Å². The largest absolute Gasteiger partial charge is 0.457 e. The molecule has 3 aromatic rings. The molecule has 148 valence electrons. The summed E-state index contributed by atoms with van der Waals surface area (Å²) >= 11 is 0. The highest BCUT2D eigenvalue weighted by Gasteiger charge is 2.47. The first-order chi connectivity index (χ1) is 14.3. The van der Waals surface area contributed by atoms with Gasteiger partial charge in [0, 0.05) is 18.0 Å². The Balaban J connectivity index is 1.56. The molecule has 0 saturated carbocycles. The highest BCUT2D eigenvalue weighted by atomic mass is 16.6. The molecular formula is C26H27NO2. The molecule has 0 spiro atoms. The summed E-state index contributed by atoms with van der Waals surface area (Å²) in [7, 11) is 0. The van der Waals surface area contributed by atoms with Gasteiger partial charge in [-0.25, -0.2) is 0 Å². The maximum atomic E-state index is 13.1. The van der Waals surface area contributed by atoms with Gasteiger partial charge in [-0.05, 0) is 42.3 Å². The van der Waals surface area contributed by atoms with Crippen LogP contribution in [0, 0.1) is 5.92 Å². The van der Waals surface area contributed by atoms with Gasteiger partial charge in [-0.1, -0.05) is 79.2 Å². The zero-order valence-electron chi connectivity index (χ0n) is 16.7. The molecule has 3 heteroatoms. The normalized spacial score (nSPS) is 25.2. The minimum absolute atomic E-state index is 0.0384. The quantitative estimate of drug-likeness (QED) is 0.569. The second kappa shape index (κ2) is 8.00. The van der Waals surface area contributed by atoms with E-state index in [0.717, 1.165) is 25.2 Å². The van der Waals surface area contributed by atoms with E-state index < -0.39 is 0 Å². The fraction of sp³-hybridized carbons (Fsp3) is 0.346. The molecule has 0 bridgehead atoms. The van der Waals surface area contributed by atoms with Crippen LogP contribution in [0.3, 0.4) is 0 Å². The van der Waals surface area contributed by atoms with E-state index in [-0.39, 0.29) is 23.9 Å². The van der Waals surface area contributed by atoms with Crippen LogP contribution in [0.15, 0.2) is 72.8 Å². The Hall–Kier alpha value is -2.65. The number of rotatable bonds is 4. The highest BCUT2D eigenvalue weighted by molar-refractivity contribution is 5.87. The van der Waals surface area contributed by atoms with Gasteiger partial charge in [0.25, 0.3) is 0 Å². The van der Waals surface area contributed by atoms with Crippen molar-refractivity contribution < 1.29 is 9.53 Å². The van der Waals surface area contributed by atoms with E-state index in [1.54, 1.807) is 0 Å². The average Bonchev–Trinajstić information content (AvgIpc) is 3.10. The van der Waals surface area contributed by atoms with Crippen molar-refractivity contribution in [3.63, 3.8) is 0 Å². The second-order valence-electron chi connectivity index (χ2n) is 8.33. The van der Waals surface area contributed by atoms with E-state index in [4.69, 9.17) is 4.74 Å². The number of ether oxygens (including phenoxy) is 1. The summed E-state index contributed by atoms with van der Waals surface area (Å²) in [6.45, 7) is 2.97. The molecule has 2 heterocycles. The fourth-order valence-electron chi connectivity index (χ4n) is 5.09. The summed E-state index contributed by atoms with van der Waals surface area (Å²) < 4.78 is 6.11. The summed E-state index contributed by atoms with van der Waals surface area (Å²) in [5.74, 6) is -0.140. The number of benzene rings is 3. The van der Waals surface area contributed by atoms with Crippen molar-refractivity contribution in [1.82, 2.24) is 4.90 Å². The van der Waals surface area contributed by atoms with Gasteiger partial charge in [0.05, 0.1) is 5.92 Å². The Bertz CT molecular complexity index is 989. The Morgan fingerprint density at radius 1 is 0.828 bits per heavy atom. The lowest BCUT2D eigenvalue weighted by Crippen LogP contribution is -2.37. The molecule has 3 nitrogen and oxygen atoms in total. The van der Waals surface area contributed by atoms with Crippen molar-refractivity contribution in [2.24, 2.45) is 5.92 Å². The summed E-state index contributed by atoms with van der Waals surface area (Å²) in [5.41, 5.74) is 2.31. The van der Waals surface area contributed by atoms with Gasteiger partial charge < -0.3 is 9.64 Å². The van der Waals surface area contributed by atoms with Gasteiger partial charge in [-0.15, -0.1) is 0 Å². The molecule has 0 radical (unpaired) electrons. The number of nitrogens with zero attached hydrogens (tertiary/aromatic N) is 1. The molecule has 29 heavy (non-hydrogen) atoms. The third-order valence-electron chi connectivity index (χ3n) is 6.52. The Labute approximate surface area is 172 Å². The van der Waals surface area contributed by atoms with Crippen LogP contribution >= 0.6 is 0 Å². The predicted molar refractivity (Wildman–Crippen MR) is 116 cm³/mol. The van der Waals surface area contributed by atoms with Gasteiger partial charge >= 0.3 is 5.97 Å². The zero-order chi connectivity index (χ0) is 19.6. The molecule has 2 fully saturated rings. The van der Waals surface area contributed by atoms with Crippen molar-refractivity contribution in [1.29, 1.82) is 0 Å². The number of hydrogen-bond donors (Lipinski definition) is 0. The lowest BCUT2D eigenvalue weighted by molar-refractivity contribution is -0.145. The minimum atomic E-state index is -0.245. The Morgan fingerprint density at radius 2 is 1.55 bits per heavy atom. The number of likely N-dealkylation sites (tertiary alicyclic amines) is 1. The van der Waals surface area contributed by atoms with Gasteiger partial charge in [-0.3, -0.25) is 4.79 Å². The van der Waals surface area contributed by atoms with Crippen LogP contribution in [-0.4, -0.2) is 30.5 Å². The van der Waals surface area contributed by atoms with E-state index >= 15 is 0 Å². The van der Waals surface area contributed by atoms with E-state index in [1.807, 2.05) is 6.07 Å². The first-order valence-electron chi connectivity index (χ1n) is 10.8. The average molecular weight is 386 g/mol. The van der Waals surface area contributed by atoms with E-state index in [2.05, 4.69) is 71.6 Å². The van der Waals surface area contributed by atoms with Gasteiger partial charge in [0.15, 0.2) is 0 Å². The van der Waals surface area contributed by atoms with Crippen LogP contribution in [0.1, 0.15) is 42.4 Å². The molecular weight excluding hydrogens is 358 g/mol. The lowest BCUT2D eigenvalue weighted by atomic mass is 9.80. The topological polar surface area (TPSA) is 29.5 Å². The molecule has 1 unspecified atom stereocenters. The summed E-state index contributed by atoms with van der Waals surface area (Å²) in [6, 6.07) is 25.2. The third kappa shape index (κ3) is 3.56. The number of carbonyl (C=O) groups excluding carboxylic acids is 1. The molecule has 3 atom stereocenters. The first-order valence-corrected chi connectivity index (χ1v) is 10.8. The van der Waals surface area contributed by atoms with Gasteiger partial charge in [0.2, 0.25) is 0 Å². The van der Waals surface area contributed by atoms with Gasteiger partial charge in [-0.2, -0.15) is 0 Å². The SMILES string of the molecule is O=C1O[C@H](c2cccc3ccccc23)[C@H](c2ccccc2)C1CN1CCCCC1. The number of esters is 1. The summed E-state index contributed by atoms with van der Waals surface area (Å²) in [4.78, 5) is 15.6. The number of fused-ring (bicyclic) bond motifs is 1. The van der Waals surface area contributed by atoms with Gasteiger partial charge in [0.1, 0.15) is 6.10 Å². The molecule has 2 aliphatic heterocycles. The second-order valence-corrected chi connectivity index (χ2v) is 8.33. The van der Waals surface area contributed by atoms with Crippen LogP contribution in [0.4, 0.5) is 0 Å². The van der Waals surface area contributed by atoms with E-state index in [0.29, 0.717) is 0 Å². The molecule has 0 aromatic heterocycles. The fourth-order valence-corrected chi connectivity index (χ4v) is 5.09. The third-order valence-corrected chi connectivity index (χ3v) is 6.52. The zero-order valence-corrected chi connectivity index (χ0v) is 16.7. The lowest BCUT2D eigenvalue weighted by Gasteiger charge is -2.30. The molecule has 0 amide bonds. The highest BCUT2D eigenvalue weighted by Crippen LogP contribution is 2.48. The van der Waals surface area contributed by atoms with E-state index in [1.165, 1.54) is 35.6 Å². The number of cyclic esters (lactones) is 1. The Morgan fingerprint density at radius 3 is 2.38 bits per heavy atom.